The predicted octanol–water partition coefficient (Wildman–Crippen LogP) is 18.2. The number of nitrogens with zero attached hydrogens (tertiary/aromatic N) is 1. The van der Waals surface area contributed by atoms with Gasteiger partial charge in [0.1, 0.15) is 19.3 Å². The van der Waals surface area contributed by atoms with Gasteiger partial charge in [-0.2, -0.15) is 0 Å². The van der Waals surface area contributed by atoms with Gasteiger partial charge in [0.15, 0.2) is 0 Å². The van der Waals surface area contributed by atoms with Gasteiger partial charge >= 0.3 is 13.8 Å². The van der Waals surface area contributed by atoms with Crippen LogP contribution >= 0.6 is 7.82 Å². The van der Waals surface area contributed by atoms with E-state index < -0.39 is 20.0 Å². The highest BCUT2D eigenvalue weighted by Crippen LogP contribution is 2.43. The van der Waals surface area contributed by atoms with E-state index >= 15 is 0 Å². The standard InChI is InChI=1S/C64H111N2O7P/c1-7-10-13-16-19-22-25-28-30-32-33-35-36-38-41-44-47-50-53-56-63(67)65-61(60-72-74(69,70)71-59-58-66(4,5)6)62(55-52-49-46-43-40-27-24-21-18-15-12-9-3)73-64(68)57-54-51-48-45-42-39-37-34-31-29-26-23-20-17-14-11-8-2/h11,14,19-20,22-23,28-31,33,35,37,39,45,48,52,55,61-62H,7-10,12-13,15-18,21,24-27,32,34,36,38,40-44,46-47,49-51,53-54,56-60H2,1-6H3,(H-,65,67,69,70)/p+1/b14-11-,22-19-,23-20-,30-28-,31-29-,35-33-,39-37-,48-45-,55-52+. The summed E-state index contributed by atoms with van der Waals surface area (Å²) in [5, 5.41) is 3.03. The number of hydrogen-bond acceptors (Lipinski definition) is 6. The van der Waals surface area contributed by atoms with Crippen molar-refractivity contribution in [3.05, 3.63) is 109 Å². The lowest BCUT2D eigenvalue weighted by molar-refractivity contribution is -0.870. The molecule has 0 heterocycles. The Hall–Kier alpha value is -3.33. The van der Waals surface area contributed by atoms with Crippen LogP contribution in [0.4, 0.5) is 0 Å². The van der Waals surface area contributed by atoms with Crippen molar-refractivity contribution < 1.29 is 37.3 Å². The maximum Gasteiger partial charge on any atom is 0.472 e. The molecule has 0 aliphatic heterocycles. The fourth-order valence-corrected chi connectivity index (χ4v) is 8.60. The third-order valence-corrected chi connectivity index (χ3v) is 13.4. The van der Waals surface area contributed by atoms with Crippen molar-refractivity contribution >= 4 is 19.7 Å². The molecule has 0 aromatic carbocycles. The molecule has 0 rings (SSSR count). The maximum atomic E-state index is 13.5. The number of carbonyl (C=O) groups is 2. The van der Waals surface area contributed by atoms with Gasteiger partial charge in [0.2, 0.25) is 5.91 Å². The lowest BCUT2D eigenvalue weighted by atomic mass is 10.0. The second-order valence-corrected chi connectivity index (χ2v) is 22.2. The minimum atomic E-state index is -4.47. The highest BCUT2D eigenvalue weighted by atomic mass is 31.2. The SMILES string of the molecule is CC/C=C\C/C=C\C/C=C\C/C=C\C/C=C\CCCC(=O)OC(/C=C/CCCCCCCCCCCC)C(COP(=O)(O)OCC[N+](C)(C)C)NC(=O)CCCCCCCC/C=C\C/C=C\C/C=C\CCCCC. The summed E-state index contributed by atoms with van der Waals surface area (Å²) in [5.41, 5.74) is 0. The molecule has 0 aromatic heterocycles. The Balaban J connectivity index is 5.43. The zero-order valence-corrected chi connectivity index (χ0v) is 49.2. The number of allylic oxidation sites excluding steroid dienone is 17. The number of unbranched alkanes of at least 4 members (excludes halogenated alkanes) is 20. The fraction of sp³-hybridized carbons (Fsp3) is 0.688. The average Bonchev–Trinajstić information content (AvgIpc) is 3.36. The van der Waals surface area contributed by atoms with Gasteiger partial charge in [-0.3, -0.25) is 18.6 Å². The maximum absolute atomic E-state index is 13.5. The van der Waals surface area contributed by atoms with E-state index in [0.29, 0.717) is 23.9 Å². The number of ether oxygens (including phenoxy) is 1. The van der Waals surface area contributed by atoms with Crippen molar-refractivity contribution in [2.24, 2.45) is 0 Å². The number of nitrogens with one attached hydrogen (secondary N) is 1. The molecule has 2 N–H and O–H groups in total. The van der Waals surface area contributed by atoms with Gasteiger partial charge in [-0.25, -0.2) is 4.57 Å². The van der Waals surface area contributed by atoms with Crippen molar-refractivity contribution in [3.8, 4) is 0 Å². The second kappa shape index (κ2) is 53.1. The van der Waals surface area contributed by atoms with E-state index in [4.69, 9.17) is 13.8 Å². The summed E-state index contributed by atoms with van der Waals surface area (Å²) in [4.78, 5) is 37.6. The molecular weight excluding hydrogens is 940 g/mol. The molecule has 74 heavy (non-hydrogen) atoms. The molecule has 10 heteroatoms. The van der Waals surface area contributed by atoms with E-state index in [2.05, 4.69) is 123 Å². The first-order chi connectivity index (χ1) is 35.9. The first-order valence-corrected chi connectivity index (χ1v) is 31.2. The molecular formula is C64H112N2O7P+. The summed E-state index contributed by atoms with van der Waals surface area (Å²) in [5.74, 6) is -0.595. The zero-order chi connectivity index (χ0) is 54.3. The Kier molecular flexibility index (Phi) is 50.7. The molecule has 424 valence electrons. The Morgan fingerprint density at radius 1 is 0.486 bits per heavy atom. The number of phosphoric acid groups is 1. The molecule has 0 aromatic rings. The van der Waals surface area contributed by atoms with Gasteiger partial charge in [0.25, 0.3) is 0 Å². The zero-order valence-electron chi connectivity index (χ0n) is 48.3. The number of phosphoric ester groups is 1. The van der Waals surface area contributed by atoms with Crippen LogP contribution in [-0.2, 0) is 27.9 Å². The largest absolute Gasteiger partial charge is 0.472 e. The Morgan fingerprint density at radius 3 is 1.35 bits per heavy atom. The average molecular weight is 1050 g/mol. The van der Waals surface area contributed by atoms with Crippen LogP contribution in [0, 0.1) is 0 Å². The van der Waals surface area contributed by atoms with E-state index in [0.717, 1.165) is 116 Å². The molecule has 0 aliphatic rings. The molecule has 0 fully saturated rings. The normalized spacial score (nSPS) is 14.5. The van der Waals surface area contributed by atoms with Crippen LogP contribution in [0.3, 0.4) is 0 Å². The van der Waals surface area contributed by atoms with Crippen LogP contribution in [0.5, 0.6) is 0 Å². The molecule has 0 radical (unpaired) electrons. The molecule has 0 bridgehead atoms. The molecule has 0 saturated heterocycles. The third-order valence-electron chi connectivity index (χ3n) is 12.4. The molecule has 3 atom stereocenters. The molecule has 0 aliphatic carbocycles. The number of likely N-dealkylation sites (N-methyl/N-ethyl adjacent to an activating group) is 1. The minimum Gasteiger partial charge on any atom is -0.456 e. The van der Waals surface area contributed by atoms with Crippen LogP contribution in [0.1, 0.15) is 233 Å². The van der Waals surface area contributed by atoms with E-state index in [1.807, 2.05) is 33.3 Å². The van der Waals surface area contributed by atoms with E-state index in [1.165, 1.54) is 77.0 Å². The lowest BCUT2D eigenvalue weighted by Gasteiger charge is -2.27. The van der Waals surface area contributed by atoms with E-state index in [-0.39, 0.29) is 31.5 Å². The van der Waals surface area contributed by atoms with Gasteiger partial charge < -0.3 is 19.4 Å². The first-order valence-electron chi connectivity index (χ1n) is 29.7. The smallest absolute Gasteiger partial charge is 0.456 e. The number of carbonyl (C=O) groups excluding carboxylic acids is 2. The van der Waals surface area contributed by atoms with Crippen molar-refractivity contribution in [2.75, 3.05) is 40.9 Å². The summed E-state index contributed by atoms with van der Waals surface area (Å²) in [6.45, 7) is 6.80. The van der Waals surface area contributed by atoms with E-state index in [9.17, 15) is 19.0 Å². The lowest BCUT2D eigenvalue weighted by Crippen LogP contribution is -2.47. The van der Waals surface area contributed by atoms with Crippen LogP contribution < -0.4 is 5.32 Å². The van der Waals surface area contributed by atoms with Crippen LogP contribution in [-0.4, -0.2) is 74.3 Å². The number of hydrogen-bond donors (Lipinski definition) is 2. The van der Waals surface area contributed by atoms with Crippen molar-refractivity contribution in [1.82, 2.24) is 5.32 Å². The highest BCUT2D eigenvalue weighted by Gasteiger charge is 2.30. The first kappa shape index (κ1) is 70.7. The van der Waals surface area contributed by atoms with Gasteiger partial charge in [0, 0.05) is 12.8 Å². The van der Waals surface area contributed by atoms with Crippen LogP contribution in [0.15, 0.2) is 109 Å². The number of esters is 1. The van der Waals surface area contributed by atoms with Crippen LogP contribution in [0.2, 0.25) is 0 Å². The summed E-state index contributed by atoms with van der Waals surface area (Å²) < 4.78 is 30.6. The Labute approximate surface area is 455 Å². The number of rotatable bonds is 52. The molecule has 9 nitrogen and oxygen atoms in total. The summed E-state index contributed by atoms with van der Waals surface area (Å²) in [7, 11) is 1.44. The van der Waals surface area contributed by atoms with Gasteiger partial charge in [-0.15, -0.1) is 0 Å². The predicted molar refractivity (Wildman–Crippen MR) is 318 cm³/mol. The Bertz CT molecular complexity index is 1640. The second-order valence-electron chi connectivity index (χ2n) is 20.8. The van der Waals surface area contributed by atoms with Crippen molar-refractivity contribution in [1.29, 1.82) is 0 Å². The van der Waals surface area contributed by atoms with Gasteiger partial charge in [0.05, 0.1) is 33.8 Å². The minimum absolute atomic E-state index is 0.0231. The quantitative estimate of drug-likeness (QED) is 0.0205. The van der Waals surface area contributed by atoms with E-state index in [1.54, 1.807) is 0 Å². The summed E-state index contributed by atoms with van der Waals surface area (Å²) in [6, 6.07) is -0.885. The molecule has 0 spiro atoms. The topological polar surface area (TPSA) is 111 Å². The monoisotopic (exact) mass is 1050 g/mol. The number of amides is 1. The highest BCUT2D eigenvalue weighted by molar-refractivity contribution is 7.47. The van der Waals surface area contributed by atoms with Gasteiger partial charge in [-0.05, 0) is 109 Å². The fourth-order valence-electron chi connectivity index (χ4n) is 7.86. The van der Waals surface area contributed by atoms with Crippen molar-refractivity contribution in [3.63, 3.8) is 0 Å². The van der Waals surface area contributed by atoms with Gasteiger partial charge in [-0.1, -0.05) is 220 Å². The summed E-state index contributed by atoms with van der Waals surface area (Å²) >= 11 is 0. The molecule has 1 amide bonds. The Morgan fingerprint density at radius 2 is 0.878 bits per heavy atom. The third kappa shape index (κ3) is 53.5. The molecule has 3 unspecified atom stereocenters. The summed E-state index contributed by atoms with van der Waals surface area (Å²) in [6.07, 6.45) is 72.3. The van der Waals surface area contributed by atoms with Crippen LogP contribution in [0.25, 0.3) is 0 Å². The number of quaternary nitrogens is 1. The molecule has 0 saturated carbocycles. The van der Waals surface area contributed by atoms with Crippen molar-refractivity contribution in [2.45, 2.75) is 245 Å².